The molecule has 0 fully saturated rings. The minimum atomic E-state index is -3.80. The molecule has 0 aliphatic rings. The molecule has 0 amide bonds. The van der Waals surface area contributed by atoms with Crippen LogP contribution in [0, 0.1) is 6.92 Å². The van der Waals surface area contributed by atoms with E-state index < -0.39 is 10.0 Å². The molecule has 136 valence electrons. The third-order valence-electron chi connectivity index (χ3n) is 3.73. The average molecular weight is 390 g/mol. The molecule has 2 aromatic carbocycles. The number of ether oxygens (including phenoxy) is 2. The van der Waals surface area contributed by atoms with E-state index in [2.05, 4.69) is 9.71 Å². The Labute approximate surface area is 156 Å². The molecule has 0 aliphatic carbocycles. The maximum atomic E-state index is 12.8. The Morgan fingerprint density at radius 2 is 1.77 bits per heavy atom. The number of nitrogens with one attached hydrogen (secondary N) is 1. The molecule has 0 unspecified atom stereocenters. The maximum Gasteiger partial charge on any atom is 0.262 e. The Hall–Kier alpha value is -2.58. The monoisotopic (exact) mass is 390 g/mol. The van der Waals surface area contributed by atoms with Gasteiger partial charge in [0.15, 0.2) is 11.5 Å². The van der Waals surface area contributed by atoms with E-state index >= 15 is 0 Å². The van der Waals surface area contributed by atoms with Crippen molar-refractivity contribution in [1.29, 1.82) is 0 Å². The predicted octanol–water partition coefficient (Wildman–Crippen LogP) is 3.94. The zero-order valence-corrected chi connectivity index (χ0v) is 16.1. The van der Waals surface area contributed by atoms with Crippen LogP contribution in [0.2, 0.25) is 0 Å². The van der Waals surface area contributed by atoms with Gasteiger partial charge < -0.3 is 9.47 Å². The quantitative estimate of drug-likeness (QED) is 0.690. The smallest absolute Gasteiger partial charge is 0.262 e. The zero-order valence-electron chi connectivity index (χ0n) is 14.5. The van der Waals surface area contributed by atoms with E-state index in [4.69, 9.17) is 9.47 Å². The summed E-state index contributed by atoms with van der Waals surface area (Å²) >= 11 is 1.51. The van der Waals surface area contributed by atoms with Crippen molar-refractivity contribution in [3.05, 3.63) is 52.9 Å². The minimum absolute atomic E-state index is 0.0828. The lowest BCUT2D eigenvalue weighted by Gasteiger charge is -2.13. The molecule has 1 N–H and O–H groups in total. The molecule has 0 bridgehead atoms. The summed E-state index contributed by atoms with van der Waals surface area (Å²) in [6.45, 7) is 1.91. The SMILES string of the molecule is COc1ccc(S(=O)(=O)Nc2ccccc2-c2csc(C)n2)cc1OC. The summed E-state index contributed by atoms with van der Waals surface area (Å²) in [5.74, 6) is 0.809. The summed E-state index contributed by atoms with van der Waals surface area (Å²) in [6, 6.07) is 11.6. The van der Waals surface area contributed by atoms with E-state index in [0.29, 0.717) is 17.2 Å². The molecule has 0 saturated heterocycles. The molecule has 0 atom stereocenters. The van der Waals surface area contributed by atoms with Gasteiger partial charge in [-0.2, -0.15) is 0 Å². The van der Waals surface area contributed by atoms with Crippen molar-refractivity contribution in [3.63, 3.8) is 0 Å². The van der Waals surface area contributed by atoms with Gasteiger partial charge in [0.2, 0.25) is 0 Å². The first-order valence-electron chi connectivity index (χ1n) is 7.71. The van der Waals surface area contributed by atoms with Crippen molar-refractivity contribution in [2.75, 3.05) is 18.9 Å². The number of aryl methyl sites for hydroxylation is 1. The van der Waals surface area contributed by atoms with Crippen molar-refractivity contribution < 1.29 is 17.9 Å². The van der Waals surface area contributed by atoms with Gasteiger partial charge in [-0.3, -0.25) is 4.72 Å². The Balaban J connectivity index is 1.99. The lowest BCUT2D eigenvalue weighted by molar-refractivity contribution is 0.354. The topological polar surface area (TPSA) is 77.5 Å². The van der Waals surface area contributed by atoms with Gasteiger partial charge in [0, 0.05) is 17.0 Å². The Morgan fingerprint density at radius 1 is 1.04 bits per heavy atom. The van der Waals surface area contributed by atoms with Crippen molar-refractivity contribution in [1.82, 2.24) is 4.98 Å². The van der Waals surface area contributed by atoms with Crippen LogP contribution < -0.4 is 14.2 Å². The van der Waals surface area contributed by atoms with E-state index in [1.807, 2.05) is 24.4 Å². The summed E-state index contributed by atoms with van der Waals surface area (Å²) in [6.07, 6.45) is 0. The molecule has 6 nitrogen and oxygen atoms in total. The van der Waals surface area contributed by atoms with Crippen molar-refractivity contribution in [2.45, 2.75) is 11.8 Å². The van der Waals surface area contributed by atoms with Crippen LogP contribution in [0.25, 0.3) is 11.3 Å². The fraction of sp³-hybridized carbons (Fsp3) is 0.167. The Kier molecular flexibility index (Phi) is 5.15. The first-order chi connectivity index (χ1) is 12.4. The second-order valence-electron chi connectivity index (χ2n) is 5.42. The van der Waals surface area contributed by atoms with Gasteiger partial charge in [0.1, 0.15) is 0 Å². The summed E-state index contributed by atoms with van der Waals surface area (Å²) < 4.78 is 38.7. The fourth-order valence-electron chi connectivity index (χ4n) is 2.47. The number of nitrogens with zero attached hydrogens (tertiary/aromatic N) is 1. The van der Waals surface area contributed by atoms with E-state index in [1.54, 1.807) is 18.2 Å². The van der Waals surface area contributed by atoms with Gasteiger partial charge >= 0.3 is 0 Å². The molecule has 8 heteroatoms. The number of para-hydroxylation sites is 1. The number of aromatic nitrogens is 1. The number of rotatable bonds is 6. The fourth-order valence-corrected chi connectivity index (χ4v) is 4.18. The van der Waals surface area contributed by atoms with Gasteiger partial charge in [-0.25, -0.2) is 13.4 Å². The molecule has 0 saturated carbocycles. The molecule has 1 heterocycles. The molecule has 0 spiro atoms. The highest BCUT2D eigenvalue weighted by Crippen LogP contribution is 2.33. The van der Waals surface area contributed by atoms with Crippen LogP contribution in [0.4, 0.5) is 5.69 Å². The van der Waals surface area contributed by atoms with Gasteiger partial charge in [-0.05, 0) is 25.1 Å². The number of hydrogen-bond donors (Lipinski definition) is 1. The van der Waals surface area contributed by atoms with Gasteiger partial charge in [0.25, 0.3) is 10.0 Å². The second kappa shape index (κ2) is 7.35. The normalized spacial score (nSPS) is 11.2. The molecule has 1 aromatic heterocycles. The van der Waals surface area contributed by atoms with E-state index in [9.17, 15) is 8.42 Å². The molecule has 3 rings (SSSR count). The highest BCUT2D eigenvalue weighted by atomic mass is 32.2. The van der Waals surface area contributed by atoms with Crippen LogP contribution in [0.3, 0.4) is 0 Å². The van der Waals surface area contributed by atoms with Crippen LogP contribution in [0.5, 0.6) is 11.5 Å². The van der Waals surface area contributed by atoms with Crippen molar-refractivity contribution in [3.8, 4) is 22.8 Å². The second-order valence-corrected chi connectivity index (χ2v) is 8.16. The average Bonchev–Trinajstić information content (AvgIpc) is 3.07. The number of hydrogen-bond acceptors (Lipinski definition) is 6. The number of methoxy groups -OCH3 is 2. The Morgan fingerprint density at radius 3 is 2.42 bits per heavy atom. The Bertz CT molecular complexity index is 1030. The molecular formula is C18H18N2O4S2. The van der Waals surface area contributed by atoms with Crippen LogP contribution in [0.15, 0.2) is 52.7 Å². The first kappa shape index (κ1) is 18.2. The summed E-state index contributed by atoms with van der Waals surface area (Å²) in [5.41, 5.74) is 1.92. The van der Waals surface area contributed by atoms with Crippen molar-refractivity contribution in [2.24, 2.45) is 0 Å². The lowest BCUT2D eigenvalue weighted by Crippen LogP contribution is -2.14. The van der Waals surface area contributed by atoms with E-state index in [-0.39, 0.29) is 4.90 Å². The molecule has 0 radical (unpaired) electrons. The predicted molar refractivity (Wildman–Crippen MR) is 103 cm³/mol. The summed E-state index contributed by atoms with van der Waals surface area (Å²) in [4.78, 5) is 4.52. The molecule has 3 aromatic rings. The van der Waals surface area contributed by atoms with E-state index in [0.717, 1.165) is 16.3 Å². The third-order valence-corrected chi connectivity index (χ3v) is 5.87. The summed E-state index contributed by atoms with van der Waals surface area (Å²) in [5, 5.41) is 2.82. The number of benzene rings is 2. The summed E-state index contributed by atoms with van der Waals surface area (Å²) in [7, 11) is -0.848. The first-order valence-corrected chi connectivity index (χ1v) is 10.1. The van der Waals surface area contributed by atoms with Crippen LogP contribution in [-0.4, -0.2) is 27.6 Å². The molecule has 0 aliphatic heterocycles. The standard InChI is InChI=1S/C18H18N2O4S2/c1-12-19-16(11-25-12)14-6-4-5-7-15(14)20-26(21,22)13-8-9-17(23-2)18(10-13)24-3/h4-11,20H,1-3H3. The van der Waals surface area contributed by atoms with Gasteiger partial charge in [-0.1, -0.05) is 18.2 Å². The lowest BCUT2D eigenvalue weighted by atomic mass is 10.1. The number of thiazole rings is 1. The molecular weight excluding hydrogens is 372 g/mol. The maximum absolute atomic E-state index is 12.8. The minimum Gasteiger partial charge on any atom is -0.493 e. The van der Waals surface area contributed by atoms with Crippen molar-refractivity contribution >= 4 is 27.0 Å². The largest absolute Gasteiger partial charge is 0.493 e. The highest BCUT2D eigenvalue weighted by molar-refractivity contribution is 7.92. The van der Waals surface area contributed by atoms with Crippen LogP contribution >= 0.6 is 11.3 Å². The van der Waals surface area contributed by atoms with Crippen LogP contribution in [0.1, 0.15) is 5.01 Å². The number of sulfonamides is 1. The third kappa shape index (κ3) is 3.66. The van der Waals surface area contributed by atoms with E-state index in [1.165, 1.54) is 37.7 Å². The number of anilines is 1. The van der Waals surface area contributed by atoms with Gasteiger partial charge in [-0.15, -0.1) is 11.3 Å². The van der Waals surface area contributed by atoms with Crippen LogP contribution in [-0.2, 0) is 10.0 Å². The molecule has 26 heavy (non-hydrogen) atoms. The highest BCUT2D eigenvalue weighted by Gasteiger charge is 2.19. The zero-order chi connectivity index (χ0) is 18.7. The van der Waals surface area contributed by atoms with Gasteiger partial charge in [0.05, 0.1) is 35.5 Å².